The van der Waals surface area contributed by atoms with E-state index in [4.69, 9.17) is 22.4 Å². The Bertz CT molecular complexity index is 478. The molecule has 1 aliphatic rings. The average molecular weight is 281 g/mol. The second kappa shape index (κ2) is 5.71. The molecule has 19 heavy (non-hydrogen) atoms. The summed E-state index contributed by atoms with van der Waals surface area (Å²) in [7, 11) is 0. The van der Waals surface area contributed by atoms with Crippen molar-refractivity contribution in [3.8, 4) is 0 Å². The van der Waals surface area contributed by atoms with Crippen LogP contribution in [0.4, 0.5) is 0 Å². The monoisotopic (exact) mass is 281 g/mol. The fraction of sp³-hybridized carbons (Fsp3) is 0.538. The second-order valence-electron chi connectivity index (χ2n) is 4.85. The molecule has 2 N–H and O–H groups in total. The third-order valence-corrected chi connectivity index (χ3v) is 3.88. The van der Waals surface area contributed by atoms with Crippen LogP contribution < -0.4 is 5.73 Å². The number of hydrogen-bond acceptors (Lipinski definition) is 4. The van der Waals surface area contributed by atoms with Crippen LogP contribution in [0.5, 0.6) is 0 Å². The van der Waals surface area contributed by atoms with Gasteiger partial charge in [-0.3, -0.25) is 9.69 Å². The molecule has 0 saturated carbocycles. The summed E-state index contributed by atoms with van der Waals surface area (Å²) in [4.78, 5) is 16.8. The molecule has 6 heteroatoms. The number of aryl methyl sites for hydroxylation is 1. The molecular formula is C13H19N3O2S. The molecule has 1 aliphatic heterocycles. The van der Waals surface area contributed by atoms with E-state index in [1.165, 1.54) is 6.26 Å². The summed E-state index contributed by atoms with van der Waals surface area (Å²) in [6, 6.07) is 1.86. The summed E-state index contributed by atoms with van der Waals surface area (Å²) in [5.41, 5.74) is 6.27. The van der Waals surface area contributed by atoms with Crippen molar-refractivity contribution in [2.24, 2.45) is 5.73 Å². The van der Waals surface area contributed by atoms with E-state index in [1.807, 2.05) is 18.7 Å². The van der Waals surface area contributed by atoms with Gasteiger partial charge in [0.2, 0.25) is 0 Å². The maximum absolute atomic E-state index is 12.2. The Balaban J connectivity index is 1.93. The number of piperazine rings is 1. The third kappa shape index (κ3) is 3.13. The molecule has 1 amide bonds. The van der Waals surface area contributed by atoms with Crippen molar-refractivity contribution in [1.29, 1.82) is 0 Å². The zero-order chi connectivity index (χ0) is 14.0. The van der Waals surface area contributed by atoms with Gasteiger partial charge < -0.3 is 15.1 Å². The first-order valence-corrected chi connectivity index (χ1v) is 6.77. The number of carbonyl (C=O) groups excluding carboxylic acids is 1. The zero-order valence-corrected chi connectivity index (χ0v) is 12.1. The molecule has 1 aromatic rings. The lowest BCUT2D eigenvalue weighted by Gasteiger charge is -2.37. The Hall–Kier alpha value is -1.40. The van der Waals surface area contributed by atoms with Crippen molar-refractivity contribution < 1.29 is 9.21 Å². The first kappa shape index (κ1) is 14.0. The molecule has 0 spiro atoms. The van der Waals surface area contributed by atoms with Crippen molar-refractivity contribution in [2.45, 2.75) is 19.9 Å². The van der Waals surface area contributed by atoms with Crippen LogP contribution in [0.15, 0.2) is 16.7 Å². The topological polar surface area (TPSA) is 62.7 Å². The Morgan fingerprint density at radius 1 is 1.42 bits per heavy atom. The first-order valence-electron chi connectivity index (χ1n) is 6.37. The number of hydrogen-bond donors (Lipinski definition) is 1. The van der Waals surface area contributed by atoms with Crippen LogP contribution >= 0.6 is 12.2 Å². The van der Waals surface area contributed by atoms with Crippen molar-refractivity contribution in [2.75, 3.05) is 26.2 Å². The minimum atomic E-state index is 0.0273. The van der Waals surface area contributed by atoms with Crippen LogP contribution in [-0.2, 0) is 0 Å². The van der Waals surface area contributed by atoms with Crippen LogP contribution in [-0.4, -0.2) is 52.9 Å². The van der Waals surface area contributed by atoms with Gasteiger partial charge in [-0.1, -0.05) is 12.2 Å². The number of rotatable bonds is 3. The van der Waals surface area contributed by atoms with Crippen LogP contribution in [0.2, 0.25) is 0 Å². The lowest BCUT2D eigenvalue weighted by molar-refractivity contribution is 0.0621. The van der Waals surface area contributed by atoms with Gasteiger partial charge in [-0.25, -0.2) is 0 Å². The molecule has 0 aromatic carbocycles. The van der Waals surface area contributed by atoms with Gasteiger partial charge in [-0.15, -0.1) is 0 Å². The highest BCUT2D eigenvalue weighted by atomic mass is 32.1. The second-order valence-corrected chi connectivity index (χ2v) is 5.32. The molecule has 2 heterocycles. The van der Waals surface area contributed by atoms with E-state index in [1.54, 1.807) is 6.07 Å². The molecule has 1 atom stereocenters. The molecule has 5 nitrogen and oxygen atoms in total. The standard InChI is InChI=1S/C13H19N3O2S/c1-9-7-11(8-18-9)13(17)16-5-3-15(4-6-16)10(2)12(14)19/h7-8,10H,3-6H2,1-2H3,(H2,14,19). The Morgan fingerprint density at radius 2 is 2.05 bits per heavy atom. The van der Waals surface area contributed by atoms with E-state index in [2.05, 4.69) is 4.90 Å². The van der Waals surface area contributed by atoms with Gasteiger partial charge >= 0.3 is 0 Å². The molecule has 1 fully saturated rings. The molecule has 1 unspecified atom stereocenters. The number of thiocarbonyl (C=S) groups is 1. The Labute approximate surface area is 118 Å². The number of furan rings is 1. The lowest BCUT2D eigenvalue weighted by atomic mass is 10.2. The van der Waals surface area contributed by atoms with Crippen LogP contribution in [0.3, 0.4) is 0 Å². The van der Waals surface area contributed by atoms with Crippen molar-refractivity contribution in [3.05, 3.63) is 23.7 Å². The van der Waals surface area contributed by atoms with Crippen molar-refractivity contribution >= 4 is 23.1 Å². The molecule has 104 valence electrons. The molecular weight excluding hydrogens is 262 g/mol. The largest absolute Gasteiger partial charge is 0.469 e. The minimum Gasteiger partial charge on any atom is -0.469 e. The highest BCUT2D eigenvalue weighted by molar-refractivity contribution is 7.80. The van der Waals surface area contributed by atoms with Gasteiger partial charge in [-0.05, 0) is 19.9 Å². The maximum atomic E-state index is 12.2. The van der Waals surface area contributed by atoms with Gasteiger partial charge in [0.05, 0.1) is 16.6 Å². The van der Waals surface area contributed by atoms with Gasteiger partial charge in [0, 0.05) is 26.2 Å². The van der Waals surface area contributed by atoms with E-state index < -0.39 is 0 Å². The minimum absolute atomic E-state index is 0.0273. The number of carbonyl (C=O) groups is 1. The van der Waals surface area contributed by atoms with Gasteiger partial charge in [0.1, 0.15) is 12.0 Å². The van der Waals surface area contributed by atoms with E-state index in [0.717, 1.165) is 18.8 Å². The molecule has 1 saturated heterocycles. The summed E-state index contributed by atoms with van der Waals surface area (Å²) in [5.74, 6) is 0.781. The molecule has 1 aromatic heterocycles. The number of amides is 1. The van der Waals surface area contributed by atoms with Gasteiger partial charge in [0.25, 0.3) is 5.91 Å². The van der Waals surface area contributed by atoms with E-state index in [-0.39, 0.29) is 11.9 Å². The smallest absolute Gasteiger partial charge is 0.257 e. The molecule has 0 aliphatic carbocycles. The molecule has 0 bridgehead atoms. The molecule has 2 rings (SSSR count). The van der Waals surface area contributed by atoms with Gasteiger partial charge in [0.15, 0.2) is 0 Å². The van der Waals surface area contributed by atoms with Gasteiger partial charge in [-0.2, -0.15) is 0 Å². The Morgan fingerprint density at radius 3 is 2.53 bits per heavy atom. The Kier molecular flexibility index (Phi) is 4.21. The predicted molar refractivity (Wildman–Crippen MR) is 77.2 cm³/mol. The van der Waals surface area contributed by atoms with E-state index in [0.29, 0.717) is 23.6 Å². The van der Waals surface area contributed by atoms with Crippen LogP contribution in [0.25, 0.3) is 0 Å². The maximum Gasteiger partial charge on any atom is 0.257 e. The van der Waals surface area contributed by atoms with Crippen molar-refractivity contribution in [1.82, 2.24) is 9.80 Å². The lowest BCUT2D eigenvalue weighted by Crippen LogP contribution is -2.53. The average Bonchev–Trinajstić information content (AvgIpc) is 2.84. The SMILES string of the molecule is Cc1cc(C(=O)N2CCN(C(C)C(N)=S)CC2)co1. The van der Waals surface area contributed by atoms with E-state index in [9.17, 15) is 4.79 Å². The summed E-state index contributed by atoms with van der Waals surface area (Å²) >= 11 is 5.00. The molecule has 0 radical (unpaired) electrons. The van der Waals surface area contributed by atoms with Crippen molar-refractivity contribution in [3.63, 3.8) is 0 Å². The van der Waals surface area contributed by atoms with E-state index >= 15 is 0 Å². The predicted octanol–water partition coefficient (Wildman–Crippen LogP) is 1.02. The summed E-state index contributed by atoms with van der Waals surface area (Å²) in [6.45, 7) is 6.80. The third-order valence-electron chi connectivity index (χ3n) is 3.54. The number of nitrogens with two attached hydrogens (primary N) is 1. The highest BCUT2D eigenvalue weighted by Gasteiger charge is 2.26. The summed E-state index contributed by atoms with van der Waals surface area (Å²) in [6.07, 6.45) is 1.52. The highest BCUT2D eigenvalue weighted by Crippen LogP contribution is 2.13. The summed E-state index contributed by atoms with van der Waals surface area (Å²) < 4.78 is 5.18. The van der Waals surface area contributed by atoms with Crippen LogP contribution in [0.1, 0.15) is 23.0 Å². The zero-order valence-electron chi connectivity index (χ0n) is 11.3. The fourth-order valence-electron chi connectivity index (χ4n) is 2.23. The van der Waals surface area contributed by atoms with Crippen LogP contribution in [0, 0.1) is 6.92 Å². The number of nitrogens with zero attached hydrogens (tertiary/aromatic N) is 2. The fourth-order valence-corrected chi connectivity index (χ4v) is 2.38. The normalized spacial score (nSPS) is 18.3. The first-order chi connectivity index (χ1) is 8.99. The summed E-state index contributed by atoms with van der Waals surface area (Å²) in [5, 5.41) is 0. The quantitative estimate of drug-likeness (QED) is 0.838.